The Morgan fingerprint density at radius 2 is 0.495 bits per heavy atom. The number of hydrogen-bond donors (Lipinski definition) is 3. The standard InChI is InChI=1S/C78H152O17P2/c1-7-11-13-15-17-19-21-23-24-25-26-27-28-29-31-37-44-50-56-62-77(82)94-73(66-89-76(81)61-55-49-43-36-33-32-34-40-46-52-58-70(5)9-3)68-92-96(84,85)90-64-72(79)65-91-97(86,87)93-69-74(95-78(83)63-57-51-45-39-38-41-47-53-59-71(6)10-4)67-88-75(80)60-54-48-42-35-30-22-20-18-16-14-12-8-2/h70-74,79H,7-69H2,1-6H3,(H,84,85)(H,86,87)/t70?,71?,72-,73-,74-/m1/s1. The molecule has 0 fully saturated rings. The lowest BCUT2D eigenvalue weighted by Gasteiger charge is -2.21. The zero-order chi connectivity index (χ0) is 71.4. The summed E-state index contributed by atoms with van der Waals surface area (Å²) in [6, 6.07) is 0. The first kappa shape index (κ1) is 95.1. The molecule has 17 nitrogen and oxygen atoms in total. The predicted molar refractivity (Wildman–Crippen MR) is 395 cm³/mol. The maximum atomic E-state index is 13.1. The van der Waals surface area contributed by atoms with Gasteiger partial charge in [0.25, 0.3) is 0 Å². The van der Waals surface area contributed by atoms with E-state index in [0.29, 0.717) is 25.7 Å². The Bertz CT molecular complexity index is 1880. The fourth-order valence-electron chi connectivity index (χ4n) is 11.9. The van der Waals surface area contributed by atoms with Gasteiger partial charge in [-0.1, -0.05) is 356 Å². The molecule has 19 heteroatoms. The summed E-state index contributed by atoms with van der Waals surface area (Å²) < 4.78 is 68.6. The quantitative estimate of drug-likeness (QED) is 0.0222. The fourth-order valence-corrected chi connectivity index (χ4v) is 13.5. The maximum Gasteiger partial charge on any atom is 0.472 e. The number of carbonyl (C=O) groups excluding carboxylic acids is 4. The average Bonchev–Trinajstić information content (AvgIpc) is 1.31. The lowest BCUT2D eigenvalue weighted by atomic mass is 9.99. The molecule has 0 radical (unpaired) electrons. The van der Waals surface area contributed by atoms with Crippen LogP contribution >= 0.6 is 15.6 Å². The smallest absolute Gasteiger partial charge is 0.462 e. The topological polar surface area (TPSA) is 237 Å². The number of hydrogen-bond acceptors (Lipinski definition) is 15. The Balaban J connectivity index is 5.25. The van der Waals surface area contributed by atoms with Crippen LogP contribution in [0, 0.1) is 11.8 Å². The second-order valence-electron chi connectivity index (χ2n) is 28.6. The van der Waals surface area contributed by atoms with Gasteiger partial charge in [-0.15, -0.1) is 0 Å². The molecule has 0 amide bonds. The lowest BCUT2D eigenvalue weighted by Crippen LogP contribution is -2.30. The number of phosphoric ester groups is 2. The van der Waals surface area contributed by atoms with Crippen molar-refractivity contribution >= 4 is 39.5 Å². The first-order chi connectivity index (χ1) is 46.9. The minimum absolute atomic E-state index is 0.105. The van der Waals surface area contributed by atoms with Crippen molar-refractivity contribution in [2.75, 3.05) is 39.6 Å². The number of ether oxygens (including phenoxy) is 4. The molecule has 0 saturated heterocycles. The summed E-state index contributed by atoms with van der Waals surface area (Å²) in [7, 11) is -9.92. The number of aliphatic hydroxyl groups is 1. The summed E-state index contributed by atoms with van der Waals surface area (Å²) >= 11 is 0. The molecule has 0 aromatic carbocycles. The van der Waals surface area contributed by atoms with E-state index in [4.69, 9.17) is 37.0 Å². The molecule has 0 bridgehead atoms. The average molecular weight is 1420 g/mol. The number of carbonyl (C=O) groups is 4. The molecule has 0 saturated carbocycles. The van der Waals surface area contributed by atoms with Gasteiger partial charge in [-0.2, -0.15) is 0 Å². The number of esters is 4. The lowest BCUT2D eigenvalue weighted by molar-refractivity contribution is -0.161. The van der Waals surface area contributed by atoms with Gasteiger partial charge in [0.1, 0.15) is 19.3 Å². The van der Waals surface area contributed by atoms with E-state index in [0.717, 1.165) is 102 Å². The fraction of sp³-hybridized carbons (Fsp3) is 0.949. The van der Waals surface area contributed by atoms with Crippen LogP contribution in [0.15, 0.2) is 0 Å². The van der Waals surface area contributed by atoms with Crippen LogP contribution in [0.25, 0.3) is 0 Å². The highest BCUT2D eigenvalue weighted by atomic mass is 31.2. The normalized spacial score (nSPS) is 14.5. The molecule has 0 heterocycles. The van der Waals surface area contributed by atoms with Crippen LogP contribution in [0.3, 0.4) is 0 Å². The largest absolute Gasteiger partial charge is 0.472 e. The predicted octanol–water partition coefficient (Wildman–Crippen LogP) is 23.1. The molecular weight excluding hydrogens is 1270 g/mol. The minimum Gasteiger partial charge on any atom is -0.462 e. The Labute approximate surface area is 594 Å². The van der Waals surface area contributed by atoms with Gasteiger partial charge >= 0.3 is 39.5 Å². The zero-order valence-corrected chi connectivity index (χ0v) is 65.2. The van der Waals surface area contributed by atoms with Crippen molar-refractivity contribution < 1.29 is 80.2 Å². The van der Waals surface area contributed by atoms with E-state index in [9.17, 15) is 43.2 Å². The molecule has 0 aliphatic heterocycles. The summed E-state index contributed by atoms with van der Waals surface area (Å²) in [5.41, 5.74) is 0. The van der Waals surface area contributed by atoms with E-state index in [1.807, 2.05) is 0 Å². The van der Waals surface area contributed by atoms with E-state index < -0.39 is 97.5 Å². The van der Waals surface area contributed by atoms with Gasteiger partial charge in [0, 0.05) is 25.7 Å². The third kappa shape index (κ3) is 69.5. The molecule has 0 aliphatic rings. The SMILES string of the molecule is CCCCCCCCCCCCCCCCCCCCCC(=O)O[C@H](COC(=O)CCCCCCCCCCCCC(C)CC)COP(=O)(O)OC[C@@H](O)COP(=O)(O)OC[C@@H](COC(=O)CCCCCCCCCCCCCC)OC(=O)CCCCCCCCCCC(C)CC. The minimum atomic E-state index is -4.96. The van der Waals surface area contributed by atoms with Gasteiger partial charge in [0.05, 0.1) is 26.4 Å². The Hall–Kier alpha value is -1.94. The van der Waals surface area contributed by atoms with Crippen molar-refractivity contribution in [3.8, 4) is 0 Å². The Morgan fingerprint density at radius 3 is 0.732 bits per heavy atom. The molecule has 3 N–H and O–H groups in total. The van der Waals surface area contributed by atoms with Crippen molar-refractivity contribution in [1.29, 1.82) is 0 Å². The highest BCUT2D eigenvalue weighted by Gasteiger charge is 2.30. The number of phosphoric acid groups is 2. The number of rotatable bonds is 77. The van der Waals surface area contributed by atoms with Gasteiger partial charge in [0.2, 0.25) is 0 Å². The van der Waals surface area contributed by atoms with E-state index >= 15 is 0 Å². The van der Waals surface area contributed by atoms with Crippen molar-refractivity contribution in [2.24, 2.45) is 11.8 Å². The second kappa shape index (κ2) is 69.8. The van der Waals surface area contributed by atoms with E-state index in [2.05, 4.69) is 41.5 Å². The van der Waals surface area contributed by atoms with E-state index in [1.54, 1.807) is 0 Å². The van der Waals surface area contributed by atoms with Crippen LogP contribution in [0.1, 0.15) is 408 Å². The second-order valence-corrected chi connectivity index (χ2v) is 31.5. The van der Waals surface area contributed by atoms with Crippen LogP contribution in [-0.2, 0) is 65.4 Å². The molecule has 0 aromatic heterocycles. The molecule has 0 spiro atoms. The third-order valence-electron chi connectivity index (χ3n) is 18.9. The van der Waals surface area contributed by atoms with E-state index in [1.165, 1.54) is 225 Å². The Morgan fingerprint density at radius 1 is 0.289 bits per heavy atom. The van der Waals surface area contributed by atoms with Crippen molar-refractivity contribution in [2.45, 2.75) is 426 Å². The van der Waals surface area contributed by atoms with E-state index in [-0.39, 0.29) is 25.7 Å². The molecule has 7 atom stereocenters. The highest BCUT2D eigenvalue weighted by Crippen LogP contribution is 2.45. The van der Waals surface area contributed by atoms with Gasteiger partial charge in [-0.3, -0.25) is 37.3 Å². The third-order valence-corrected chi connectivity index (χ3v) is 20.8. The highest BCUT2D eigenvalue weighted by molar-refractivity contribution is 7.47. The Kier molecular flexibility index (Phi) is 68.4. The van der Waals surface area contributed by atoms with Crippen LogP contribution in [0.5, 0.6) is 0 Å². The summed E-state index contributed by atoms with van der Waals surface area (Å²) in [6.07, 6.45) is 58.1. The van der Waals surface area contributed by atoms with Crippen LogP contribution in [0.4, 0.5) is 0 Å². The summed E-state index contributed by atoms with van der Waals surface area (Å²) in [5, 5.41) is 10.6. The molecule has 0 aliphatic carbocycles. The monoisotopic (exact) mass is 1420 g/mol. The number of unbranched alkanes of at least 4 members (excludes halogenated alkanes) is 45. The number of aliphatic hydroxyl groups excluding tert-OH is 1. The molecule has 4 unspecified atom stereocenters. The van der Waals surface area contributed by atoms with Gasteiger partial charge < -0.3 is 33.8 Å². The van der Waals surface area contributed by atoms with Crippen molar-refractivity contribution in [3.63, 3.8) is 0 Å². The summed E-state index contributed by atoms with van der Waals surface area (Å²) in [4.78, 5) is 72.9. The molecule has 0 aromatic rings. The maximum absolute atomic E-state index is 13.1. The van der Waals surface area contributed by atoms with Crippen LogP contribution < -0.4 is 0 Å². The van der Waals surface area contributed by atoms with Crippen LogP contribution in [-0.4, -0.2) is 96.7 Å². The van der Waals surface area contributed by atoms with Gasteiger partial charge in [-0.05, 0) is 37.5 Å². The van der Waals surface area contributed by atoms with Crippen molar-refractivity contribution in [3.05, 3.63) is 0 Å². The molecule has 576 valence electrons. The van der Waals surface area contributed by atoms with Gasteiger partial charge in [-0.25, -0.2) is 9.13 Å². The summed E-state index contributed by atoms with van der Waals surface area (Å²) in [6.45, 7) is 9.64. The van der Waals surface area contributed by atoms with Crippen molar-refractivity contribution in [1.82, 2.24) is 0 Å². The van der Waals surface area contributed by atoms with Gasteiger partial charge in [0.15, 0.2) is 12.2 Å². The molecular formula is C78H152O17P2. The zero-order valence-electron chi connectivity index (χ0n) is 63.4. The molecule has 97 heavy (non-hydrogen) atoms. The first-order valence-corrected chi connectivity index (χ1v) is 43.6. The summed E-state index contributed by atoms with van der Waals surface area (Å²) in [5.74, 6) is -0.534. The first-order valence-electron chi connectivity index (χ1n) is 40.6. The van der Waals surface area contributed by atoms with Crippen LogP contribution in [0.2, 0.25) is 0 Å². The molecule has 0 rings (SSSR count).